The number of aryl methyl sites for hydroxylation is 1. The number of aromatic amines is 1. The zero-order chi connectivity index (χ0) is 24.2. The first-order valence-electron chi connectivity index (χ1n) is 11.6. The standard InChI is InChI=1S/C26H20Cl2N2O3S2/c1-10-5-7-11(8-6-10)30-24(31)18-13-9-14(19(18)25(30)32)21-17(13)16(12-3-2-4-15(27)20(12)28)22-23(34-21)29-26(33)35-22/h2-8,13-14,16-19,21H,9H2,1H3,(H,29,33)/t13-,14-,16+,17+,18+,19+,21-/m1/s1. The monoisotopic (exact) mass is 542 g/mol. The zero-order valence-electron chi connectivity index (χ0n) is 18.5. The molecule has 0 radical (unpaired) electrons. The molecule has 2 saturated carbocycles. The number of thiazole rings is 1. The number of fused-ring (bicyclic) bond motifs is 9. The molecule has 2 aromatic carbocycles. The Kier molecular flexibility index (Phi) is 4.89. The van der Waals surface area contributed by atoms with Gasteiger partial charge in [0.1, 0.15) is 0 Å². The number of amides is 2. The Labute approximate surface area is 219 Å². The molecule has 0 spiro atoms. The van der Waals surface area contributed by atoms with Crippen molar-refractivity contribution in [3.8, 4) is 0 Å². The van der Waals surface area contributed by atoms with Gasteiger partial charge in [0.05, 0.1) is 32.6 Å². The molecule has 3 heterocycles. The average Bonchev–Trinajstić information content (AvgIpc) is 3.56. The highest BCUT2D eigenvalue weighted by Crippen LogP contribution is 2.69. The Morgan fingerprint density at radius 2 is 1.69 bits per heavy atom. The Morgan fingerprint density at radius 3 is 2.43 bits per heavy atom. The van der Waals surface area contributed by atoms with E-state index < -0.39 is 0 Å². The van der Waals surface area contributed by atoms with Gasteiger partial charge in [0.2, 0.25) is 11.8 Å². The summed E-state index contributed by atoms with van der Waals surface area (Å²) in [6.45, 7) is 1.98. The van der Waals surface area contributed by atoms with Crippen LogP contribution in [0.1, 0.15) is 28.3 Å². The van der Waals surface area contributed by atoms with E-state index in [0.29, 0.717) is 15.7 Å². The lowest BCUT2D eigenvalue weighted by Gasteiger charge is -2.43. The number of anilines is 1. The van der Waals surface area contributed by atoms with Gasteiger partial charge < -0.3 is 4.98 Å². The predicted molar refractivity (Wildman–Crippen MR) is 139 cm³/mol. The van der Waals surface area contributed by atoms with Crippen molar-refractivity contribution in [3.05, 3.63) is 78.2 Å². The summed E-state index contributed by atoms with van der Waals surface area (Å²) in [7, 11) is 0. The van der Waals surface area contributed by atoms with Crippen molar-refractivity contribution < 1.29 is 9.59 Å². The van der Waals surface area contributed by atoms with Crippen molar-refractivity contribution in [2.75, 3.05) is 4.90 Å². The molecule has 178 valence electrons. The molecule has 2 bridgehead atoms. The van der Waals surface area contributed by atoms with Crippen LogP contribution in [0.25, 0.3) is 0 Å². The summed E-state index contributed by atoms with van der Waals surface area (Å²) in [5.41, 5.74) is 2.62. The summed E-state index contributed by atoms with van der Waals surface area (Å²) < 4.78 is 0. The second-order valence-corrected chi connectivity index (χ2v) is 12.9. The van der Waals surface area contributed by atoms with Crippen molar-refractivity contribution >= 4 is 63.8 Å². The molecule has 7 rings (SSSR count). The highest BCUT2D eigenvalue weighted by molar-refractivity contribution is 8.00. The molecule has 0 unspecified atom stereocenters. The number of nitrogens with one attached hydrogen (secondary N) is 1. The van der Waals surface area contributed by atoms with E-state index >= 15 is 0 Å². The molecule has 2 aliphatic heterocycles. The normalized spacial score (nSPS) is 32.7. The minimum absolute atomic E-state index is 0.0415. The third-order valence-corrected chi connectivity index (χ3v) is 11.8. The van der Waals surface area contributed by atoms with E-state index in [1.165, 1.54) is 16.2 Å². The smallest absolute Gasteiger partial charge is 0.305 e. The summed E-state index contributed by atoms with van der Waals surface area (Å²) in [6.07, 6.45) is 0.838. The minimum atomic E-state index is -0.340. The molecule has 4 aliphatic rings. The number of thioether (sulfide) groups is 1. The van der Waals surface area contributed by atoms with E-state index in [1.807, 2.05) is 43.3 Å². The topological polar surface area (TPSA) is 70.2 Å². The molecule has 9 heteroatoms. The maximum atomic E-state index is 13.8. The first kappa shape index (κ1) is 22.2. The number of H-pyrrole nitrogens is 1. The largest absolute Gasteiger partial charge is 0.307 e. The van der Waals surface area contributed by atoms with Gasteiger partial charge in [-0.1, -0.05) is 64.4 Å². The maximum Gasteiger partial charge on any atom is 0.305 e. The number of nitrogens with zero attached hydrogens (tertiary/aromatic N) is 1. The molecule has 1 saturated heterocycles. The molecule has 2 aliphatic carbocycles. The van der Waals surface area contributed by atoms with E-state index in [1.54, 1.807) is 17.8 Å². The number of aromatic nitrogens is 1. The molecule has 3 aromatic rings. The van der Waals surface area contributed by atoms with E-state index in [9.17, 15) is 14.4 Å². The number of imide groups is 1. The third kappa shape index (κ3) is 2.98. The number of hydrogen-bond donors (Lipinski definition) is 1. The lowest BCUT2D eigenvalue weighted by atomic mass is 9.68. The fraction of sp³-hybridized carbons (Fsp3) is 0.346. The molecule has 35 heavy (non-hydrogen) atoms. The van der Waals surface area contributed by atoms with Crippen LogP contribution < -0.4 is 9.77 Å². The number of benzene rings is 2. The van der Waals surface area contributed by atoms with Crippen LogP contribution in [0.3, 0.4) is 0 Å². The van der Waals surface area contributed by atoms with Gasteiger partial charge in [-0.25, -0.2) is 0 Å². The first-order chi connectivity index (χ1) is 16.8. The summed E-state index contributed by atoms with van der Waals surface area (Å²) in [6, 6.07) is 13.2. The van der Waals surface area contributed by atoms with Crippen molar-refractivity contribution in [3.63, 3.8) is 0 Å². The Bertz CT molecular complexity index is 1470. The third-order valence-electron chi connectivity index (χ3n) is 8.33. The van der Waals surface area contributed by atoms with E-state index in [0.717, 1.165) is 27.5 Å². The van der Waals surface area contributed by atoms with Crippen LogP contribution in [0.15, 0.2) is 52.3 Å². The predicted octanol–water partition coefficient (Wildman–Crippen LogP) is 5.73. The van der Waals surface area contributed by atoms with Crippen LogP contribution >= 0.6 is 46.3 Å². The molecular weight excluding hydrogens is 523 g/mol. The molecule has 7 atom stereocenters. The average molecular weight is 543 g/mol. The van der Waals surface area contributed by atoms with Gasteiger partial charge in [-0.05, 0) is 54.9 Å². The summed E-state index contributed by atoms with van der Waals surface area (Å²) in [5.74, 6) is -0.766. The highest BCUT2D eigenvalue weighted by Gasteiger charge is 2.69. The molecule has 1 aromatic heterocycles. The van der Waals surface area contributed by atoms with Gasteiger partial charge in [0.25, 0.3) is 0 Å². The van der Waals surface area contributed by atoms with Crippen molar-refractivity contribution in [2.24, 2.45) is 29.6 Å². The molecule has 2 amide bonds. The minimum Gasteiger partial charge on any atom is -0.307 e. The van der Waals surface area contributed by atoms with E-state index in [2.05, 4.69) is 4.98 Å². The van der Waals surface area contributed by atoms with Crippen molar-refractivity contribution in [1.29, 1.82) is 0 Å². The number of hydrogen-bond acceptors (Lipinski definition) is 5. The van der Waals surface area contributed by atoms with Gasteiger partial charge in [-0.2, -0.15) is 0 Å². The molecule has 1 N–H and O–H groups in total. The Morgan fingerprint density at radius 1 is 0.971 bits per heavy atom. The number of carbonyl (C=O) groups excluding carboxylic acids is 2. The van der Waals surface area contributed by atoms with Crippen LogP contribution in [0.5, 0.6) is 0 Å². The summed E-state index contributed by atoms with van der Waals surface area (Å²) >= 11 is 16.0. The fourth-order valence-electron chi connectivity index (χ4n) is 7.07. The lowest BCUT2D eigenvalue weighted by Crippen LogP contribution is -2.42. The van der Waals surface area contributed by atoms with Crippen LogP contribution in [-0.2, 0) is 9.59 Å². The number of carbonyl (C=O) groups is 2. The van der Waals surface area contributed by atoms with Gasteiger partial charge >= 0.3 is 4.87 Å². The van der Waals surface area contributed by atoms with E-state index in [4.69, 9.17) is 23.2 Å². The highest BCUT2D eigenvalue weighted by atomic mass is 35.5. The van der Waals surface area contributed by atoms with Gasteiger partial charge in [0.15, 0.2) is 0 Å². The van der Waals surface area contributed by atoms with E-state index in [-0.39, 0.29) is 57.4 Å². The maximum absolute atomic E-state index is 13.8. The zero-order valence-corrected chi connectivity index (χ0v) is 21.7. The lowest BCUT2D eigenvalue weighted by molar-refractivity contribution is -0.123. The second kappa shape index (κ2) is 7.72. The molecular formula is C26H20Cl2N2O3S2. The SMILES string of the molecule is Cc1ccc(N2C(=O)[C@H]3[C@H]4C[C@@H]([C@@H]3C2=O)[C@H]2[C@H](c3cccc(Cl)c3Cl)c3sc(=O)[nH]c3S[C@H]42)cc1. The fourth-order valence-corrected chi connectivity index (χ4v) is 10.4. The molecule has 3 fully saturated rings. The Hall–Kier alpha value is -2.06. The molecule has 5 nitrogen and oxygen atoms in total. The first-order valence-corrected chi connectivity index (χ1v) is 14.1. The van der Waals surface area contributed by atoms with Crippen LogP contribution in [0.4, 0.5) is 5.69 Å². The van der Waals surface area contributed by atoms with Crippen molar-refractivity contribution in [2.45, 2.75) is 29.5 Å². The van der Waals surface area contributed by atoms with Crippen LogP contribution in [-0.4, -0.2) is 22.0 Å². The van der Waals surface area contributed by atoms with Gasteiger partial charge in [-0.3, -0.25) is 19.3 Å². The van der Waals surface area contributed by atoms with Crippen molar-refractivity contribution in [1.82, 2.24) is 4.98 Å². The number of rotatable bonds is 2. The summed E-state index contributed by atoms with van der Waals surface area (Å²) in [5, 5.41) is 1.94. The Balaban J connectivity index is 1.35. The quantitative estimate of drug-likeness (QED) is 0.420. The second-order valence-electron chi connectivity index (χ2n) is 9.95. The van der Waals surface area contributed by atoms with Gasteiger partial charge in [0, 0.05) is 16.0 Å². The number of halogens is 2. The van der Waals surface area contributed by atoms with Gasteiger partial charge in [-0.15, -0.1) is 11.8 Å². The van der Waals surface area contributed by atoms with Crippen LogP contribution in [0.2, 0.25) is 10.0 Å². The van der Waals surface area contributed by atoms with Crippen LogP contribution in [0, 0.1) is 36.5 Å². The summed E-state index contributed by atoms with van der Waals surface area (Å²) in [4.78, 5) is 45.1.